The monoisotopic (exact) mass is 390 g/mol. The first-order chi connectivity index (χ1) is 14.1. The van der Waals surface area contributed by atoms with Gasteiger partial charge in [-0.25, -0.2) is 9.59 Å². The molecule has 29 heavy (non-hydrogen) atoms. The summed E-state index contributed by atoms with van der Waals surface area (Å²) in [5.41, 5.74) is 2.66. The van der Waals surface area contributed by atoms with Crippen LogP contribution in [0.3, 0.4) is 0 Å². The predicted molar refractivity (Wildman–Crippen MR) is 109 cm³/mol. The first-order valence-electron chi connectivity index (χ1n) is 9.44. The molecule has 0 saturated heterocycles. The molecule has 0 heterocycles. The Labute approximate surface area is 169 Å². The van der Waals surface area contributed by atoms with Crippen LogP contribution in [0.15, 0.2) is 78.9 Å². The van der Waals surface area contributed by atoms with Gasteiger partial charge < -0.3 is 14.2 Å². The topological polar surface area (TPSA) is 61.8 Å². The highest BCUT2D eigenvalue weighted by atomic mass is 16.7. The van der Waals surface area contributed by atoms with Gasteiger partial charge in [-0.05, 0) is 60.4 Å². The zero-order valence-corrected chi connectivity index (χ0v) is 16.2. The molecule has 5 nitrogen and oxygen atoms in total. The van der Waals surface area contributed by atoms with Gasteiger partial charge in [0.1, 0.15) is 11.5 Å². The molecule has 0 unspecified atom stereocenters. The summed E-state index contributed by atoms with van der Waals surface area (Å²) < 4.78 is 15.4. The maximum absolute atomic E-state index is 11.8. The van der Waals surface area contributed by atoms with E-state index in [1.54, 1.807) is 48.5 Å². The van der Waals surface area contributed by atoms with Gasteiger partial charge in [0, 0.05) is 0 Å². The highest BCUT2D eigenvalue weighted by Crippen LogP contribution is 2.17. The fraction of sp³-hybridized carbons (Fsp3) is 0.167. The van der Waals surface area contributed by atoms with E-state index in [0.29, 0.717) is 30.1 Å². The van der Waals surface area contributed by atoms with Crippen molar-refractivity contribution in [1.82, 2.24) is 0 Å². The van der Waals surface area contributed by atoms with Crippen LogP contribution in [-0.2, 0) is 11.2 Å². The first-order valence-corrected chi connectivity index (χ1v) is 9.44. The molecule has 0 atom stereocenters. The lowest BCUT2D eigenvalue weighted by Gasteiger charge is -2.07. The van der Waals surface area contributed by atoms with E-state index in [0.717, 1.165) is 17.5 Å². The van der Waals surface area contributed by atoms with Gasteiger partial charge in [0.15, 0.2) is 0 Å². The van der Waals surface area contributed by atoms with Crippen molar-refractivity contribution in [3.05, 3.63) is 95.6 Å². The number of hydrogen-bond donors (Lipinski definition) is 0. The highest BCUT2D eigenvalue weighted by Gasteiger charge is 2.09. The standard InChI is InChI=1S/C24H22O5/c1-2-16-27-23(25)20-12-8-18(9-13-20)17-19-10-14-22(15-11-19)29-24(26)28-21-6-4-3-5-7-21/h3-15H,2,16-17H2,1H3. The Morgan fingerprint density at radius 1 is 0.724 bits per heavy atom. The number of benzene rings is 3. The summed E-state index contributed by atoms with van der Waals surface area (Å²) in [6.45, 7) is 2.38. The zero-order chi connectivity index (χ0) is 20.5. The zero-order valence-electron chi connectivity index (χ0n) is 16.2. The fourth-order valence-corrected chi connectivity index (χ4v) is 2.65. The number of carbonyl (C=O) groups excluding carboxylic acids is 2. The van der Waals surface area contributed by atoms with Gasteiger partial charge in [0.05, 0.1) is 12.2 Å². The molecule has 0 bridgehead atoms. The molecule has 0 aliphatic carbocycles. The first kappa shape index (κ1) is 20.1. The molecular formula is C24H22O5. The minimum absolute atomic E-state index is 0.303. The van der Waals surface area contributed by atoms with Crippen molar-refractivity contribution in [3.63, 3.8) is 0 Å². The van der Waals surface area contributed by atoms with Crippen molar-refractivity contribution in [2.45, 2.75) is 19.8 Å². The largest absolute Gasteiger partial charge is 0.519 e. The second-order valence-electron chi connectivity index (χ2n) is 6.42. The molecule has 0 aliphatic rings. The average Bonchev–Trinajstić information content (AvgIpc) is 2.74. The summed E-state index contributed by atoms with van der Waals surface area (Å²) in [5.74, 6) is 0.530. The summed E-state index contributed by atoms with van der Waals surface area (Å²) in [6, 6.07) is 23.3. The van der Waals surface area contributed by atoms with Crippen LogP contribution in [-0.4, -0.2) is 18.7 Å². The van der Waals surface area contributed by atoms with E-state index < -0.39 is 6.16 Å². The van der Waals surface area contributed by atoms with E-state index in [1.807, 2.05) is 37.3 Å². The van der Waals surface area contributed by atoms with Crippen LogP contribution in [0, 0.1) is 0 Å². The normalized spacial score (nSPS) is 10.2. The Bertz CT molecular complexity index is 931. The Morgan fingerprint density at radius 3 is 1.86 bits per heavy atom. The average molecular weight is 390 g/mol. The van der Waals surface area contributed by atoms with Crippen molar-refractivity contribution in [2.75, 3.05) is 6.61 Å². The number of carbonyl (C=O) groups is 2. The molecule has 5 heteroatoms. The molecule has 0 radical (unpaired) electrons. The summed E-state index contributed by atoms with van der Waals surface area (Å²) >= 11 is 0. The van der Waals surface area contributed by atoms with Crippen molar-refractivity contribution >= 4 is 12.1 Å². The van der Waals surface area contributed by atoms with Gasteiger partial charge in [-0.1, -0.05) is 49.4 Å². The van der Waals surface area contributed by atoms with E-state index in [1.165, 1.54) is 0 Å². The number of ether oxygens (including phenoxy) is 3. The summed E-state index contributed by atoms with van der Waals surface area (Å²) in [7, 11) is 0. The Hall–Kier alpha value is -3.60. The van der Waals surface area contributed by atoms with Crippen LogP contribution >= 0.6 is 0 Å². The SMILES string of the molecule is CCCOC(=O)c1ccc(Cc2ccc(OC(=O)Oc3ccccc3)cc2)cc1. The Kier molecular flexibility index (Phi) is 7.00. The van der Waals surface area contributed by atoms with Gasteiger partial charge in [-0.3, -0.25) is 0 Å². The van der Waals surface area contributed by atoms with Crippen LogP contribution in [0.2, 0.25) is 0 Å². The molecule has 0 spiro atoms. The molecule has 0 amide bonds. The molecule has 3 aromatic carbocycles. The lowest BCUT2D eigenvalue weighted by molar-refractivity contribution is 0.0505. The number of rotatable bonds is 7. The van der Waals surface area contributed by atoms with Gasteiger partial charge in [0.25, 0.3) is 0 Å². The van der Waals surface area contributed by atoms with Crippen molar-refractivity contribution in [1.29, 1.82) is 0 Å². The molecule has 0 fully saturated rings. The second-order valence-corrected chi connectivity index (χ2v) is 6.42. The van der Waals surface area contributed by atoms with E-state index in [2.05, 4.69) is 0 Å². The van der Waals surface area contributed by atoms with Crippen LogP contribution in [0.4, 0.5) is 4.79 Å². The summed E-state index contributed by atoms with van der Waals surface area (Å²) in [5, 5.41) is 0. The number of para-hydroxylation sites is 1. The molecule has 0 aromatic heterocycles. The highest BCUT2D eigenvalue weighted by molar-refractivity contribution is 5.89. The summed E-state index contributed by atoms with van der Waals surface area (Å²) in [4.78, 5) is 23.7. The second kappa shape index (κ2) is 10.1. The smallest absolute Gasteiger partial charge is 0.462 e. The third-order valence-corrected chi connectivity index (χ3v) is 4.10. The maximum Gasteiger partial charge on any atom is 0.519 e. The number of hydrogen-bond acceptors (Lipinski definition) is 5. The molecule has 3 rings (SSSR count). The molecule has 148 valence electrons. The van der Waals surface area contributed by atoms with Gasteiger partial charge >= 0.3 is 12.1 Å². The number of esters is 1. The van der Waals surface area contributed by atoms with Crippen LogP contribution in [0.1, 0.15) is 34.8 Å². The van der Waals surface area contributed by atoms with Crippen molar-refractivity contribution in [2.24, 2.45) is 0 Å². The minimum atomic E-state index is -0.783. The molecule has 0 saturated carbocycles. The Balaban J connectivity index is 1.53. The van der Waals surface area contributed by atoms with Gasteiger partial charge in [-0.15, -0.1) is 0 Å². The maximum atomic E-state index is 11.8. The van der Waals surface area contributed by atoms with Crippen molar-refractivity contribution in [3.8, 4) is 11.5 Å². The van der Waals surface area contributed by atoms with E-state index in [9.17, 15) is 9.59 Å². The lowest BCUT2D eigenvalue weighted by Crippen LogP contribution is -2.13. The van der Waals surface area contributed by atoms with Gasteiger partial charge in [-0.2, -0.15) is 0 Å². The quantitative estimate of drug-likeness (QED) is 0.398. The third-order valence-electron chi connectivity index (χ3n) is 4.10. The van der Waals surface area contributed by atoms with Crippen molar-refractivity contribution < 1.29 is 23.8 Å². The van der Waals surface area contributed by atoms with Crippen LogP contribution in [0.25, 0.3) is 0 Å². The van der Waals surface area contributed by atoms with E-state index >= 15 is 0 Å². The lowest BCUT2D eigenvalue weighted by atomic mass is 10.0. The van der Waals surface area contributed by atoms with Crippen LogP contribution < -0.4 is 9.47 Å². The fourth-order valence-electron chi connectivity index (χ4n) is 2.65. The summed E-state index contributed by atoms with van der Waals surface area (Å²) in [6.07, 6.45) is 0.710. The molecular weight excluding hydrogens is 368 g/mol. The molecule has 0 aliphatic heterocycles. The minimum Gasteiger partial charge on any atom is -0.462 e. The van der Waals surface area contributed by atoms with Crippen LogP contribution in [0.5, 0.6) is 11.5 Å². The van der Waals surface area contributed by atoms with E-state index in [4.69, 9.17) is 14.2 Å². The van der Waals surface area contributed by atoms with Gasteiger partial charge in [0.2, 0.25) is 0 Å². The predicted octanol–water partition coefficient (Wildman–Crippen LogP) is 5.42. The molecule has 3 aromatic rings. The molecule has 0 N–H and O–H groups in total. The third kappa shape index (κ3) is 6.21. The van der Waals surface area contributed by atoms with E-state index in [-0.39, 0.29) is 5.97 Å². The Morgan fingerprint density at radius 2 is 1.28 bits per heavy atom.